The number of ether oxygens (including phenoxy) is 4. The smallest absolute Gasteiger partial charge is 0.312 e. The second-order valence-corrected chi connectivity index (χ2v) is 8.78. The number of esters is 1. The van der Waals surface area contributed by atoms with E-state index < -0.39 is 5.41 Å². The van der Waals surface area contributed by atoms with E-state index >= 15 is 0 Å². The Balaban J connectivity index is 1.56. The van der Waals surface area contributed by atoms with Crippen LogP contribution in [0.15, 0.2) is 36.9 Å². The molecule has 0 radical (unpaired) electrons. The van der Waals surface area contributed by atoms with Crippen molar-refractivity contribution in [1.29, 1.82) is 0 Å². The minimum absolute atomic E-state index is 0.0699. The Kier molecular flexibility index (Phi) is 8.51. The number of rotatable bonds is 9. The van der Waals surface area contributed by atoms with Gasteiger partial charge in [0.1, 0.15) is 6.61 Å². The Morgan fingerprint density at radius 2 is 1.97 bits per heavy atom. The monoisotopic (exact) mass is 442 g/mol. The zero-order valence-corrected chi connectivity index (χ0v) is 19.1. The molecule has 1 unspecified atom stereocenters. The van der Waals surface area contributed by atoms with E-state index in [0.29, 0.717) is 43.8 Å². The Morgan fingerprint density at radius 1 is 1.19 bits per heavy atom. The molecular formula is C26H34O6. The van der Waals surface area contributed by atoms with Gasteiger partial charge in [0, 0.05) is 12.3 Å². The van der Waals surface area contributed by atoms with Crippen molar-refractivity contribution in [3.05, 3.63) is 42.5 Å². The summed E-state index contributed by atoms with van der Waals surface area (Å²) in [5.74, 6) is 1.06. The Labute approximate surface area is 190 Å². The molecule has 0 bridgehead atoms. The van der Waals surface area contributed by atoms with Crippen LogP contribution in [0.2, 0.25) is 0 Å². The highest BCUT2D eigenvalue weighted by Crippen LogP contribution is 2.40. The molecule has 1 saturated heterocycles. The molecule has 0 amide bonds. The number of carbonyl (C=O) groups excluding carboxylic acids is 2. The summed E-state index contributed by atoms with van der Waals surface area (Å²) in [5, 5.41) is 0. The quantitative estimate of drug-likeness (QED) is 0.301. The van der Waals surface area contributed by atoms with Crippen LogP contribution in [0.5, 0.6) is 11.5 Å². The maximum Gasteiger partial charge on any atom is 0.312 e. The molecule has 2 aliphatic rings. The fourth-order valence-electron chi connectivity index (χ4n) is 4.20. The molecule has 1 saturated carbocycles. The summed E-state index contributed by atoms with van der Waals surface area (Å²) in [4.78, 5) is 25.0. The average Bonchev–Trinajstić information content (AvgIpc) is 2.82. The van der Waals surface area contributed by atoms with E-state index in [1.165, 1.54) is 0 Å². The highest BCUT2D eigenvalue weighted by molar-refractivity contribution is 5.95. The number of hydrogen-bond acceptors (Lipinski definition) is 6. The largest absolute Gasteiger partial charge is 0.493 e. The van der Waals surface area contributed by atoms with Crippen molar-refractivity contribution in [3.8, 4) is 11.5 Å². The summed E-state index contributed by atoms with van der Waals surface area (Å²) in [6, 6.07) is 5.61. The number of allylic oxidation sites excluding steroid dienone is 1. The van der Waals surface area contributed by atoms with E-state index in [1.54, 1.807) is 25.3 Å². The topological polar surface area (TPSA) is 71.1 Å². The molecule has 6 nitrogen and oxygen atoms in total. The highest BCUT2D eigenvalue weighted by atomic mass is 16.7. The third kappa shape index (κ3) is 6.22. The Bertz CT molecular complexity index is 829. The molecule has 6 heteroatoms. The average molecular weight is 443 g/mol. The molecule has 1 aliphatic heterocycles. The molecule has 0 N–H and O–H groups in total. The van der Waals surface area contributed by atoms with Gasteiger partial charge >= 0.3 is 5.97 Å². The SMILES string of the molecule is C=CCOC(=O)C1(C)CCC(C(=O)/C=C/c2ccc(OC3CCCCO3)c(OC)c2)CC1. The van der Waals surface area contributed by atoms with Crippen LogP contribution in [0.25, 0.3) is 6.08 Å². The zero-order valence-electron chi connectivity index (χ0n) is 19.1. The maximum atomic E-state index is 12.7. The van der Waals surface area contributed by atoms with Gasteiger partial charge in [0.25, 0.3) is 0 Å². The van der Waals surface area contributed by atoms with Crippen LogP contribution in [0.4, 0.5) is 0 Å². The van der Waals surface area contributed by atoms with Crippen molar-refractivity contribution >= 4 is 17.8 Å². The summed E-state index contributed by atoms with van der Waals surface area (Å²) in [6.07, 6.45) is 10.4. The third-order valence-electron chi connectivity index (χ3n) is 6.34. The van der Waals surface area contributed by atoms with Gasteiger partial charge in [0.15, 0.2) is 23.6 Å². The molecule has 0 spiro atoms. The maximum absolute atomic E-state index is 12.7. The van der Waals surface area contributed by atoms with Gasteiger partial charge in [-0.15, -0.1) is 0 Å². The van der Waals surface area contributed by atoms with Crippen LogP contribution in [-0.4, -0.2) is 38.4 Å². The van der Waals surface area contributed by atoms with Crippen molar-refractivity contribution in [2.75, 3.05) is 20.3 Å². The summed E-state index contributed by atoms with van der Waals surface area (Å²) in [6.45, 7) is 6.43. The number of benzene rings is 1. The second kappa shape index (κ2) is 11.3. The number of hydrogen-bond donors (Lipinski definition) is 0. The normalized spacial score (nSPS) is 25.8. The van der Waals surface area contributed by atoms with Crippen LogP contribution in [0.3, 0.4) is 0 Å². The van der Waals surface area contributed by atoms with Crippen molar-refractivity contribution in [3.63, 3.8) is 0 Å². The van der Waals surface area contributed by atoms with E-state index in [2.05, 4.69) is 6.58 Å². The van der Waals surface area contributed by atoms with Gasteiger partial charge in [-0.25, -0.2) is 0 Å². The summed E-state index contributed by atoms with van der Waals surface area (Å²) in [7, 11) is 1.60. The number of carbonyl (C=O) groups is 2. The lowest BCUT2D eigenvalue weighted by Gasteiger charge is -2.34. The van der Waals surface area contributed by atoms with E-state index in [1.807, 2.05) is 25.1 Å². The summed E-state index contributed by atoms with van der Waals surface area (Å²) < 4.78 is 22.3. The van der Waals surface area contributed by atoms with E-state index in [9.17, 15) is 9.59 Å². The first-order valence-corrected chi connectivity index (χ1v) is 11.4. The van der Waals surface area contributed by atoms with Crippen LogP contribution >= 0.6 is 0 Å². The molecule has 2 fully saturated rings. The van der Waals surface area contributed by atoms with Crippen molar-refractivity contribution in [2.45, 2.75) is 58.2 Å². The van der Waals surface area contributed by atoms with Crippen molar-refractivity contribution < 1.29 is 28.5 Å². The first-order valence-electron chi connectivity index (χ1n) is 11.4. The van der Waals surface area contributed by atoms with E-state index in [0.717, 1.165) is 24.8 Å². The van der Waals surface area contributed by atoms with Crippen LogP contribution < -0.4 is 9.47 Å². The lowest BCUT2D eigenvalue weighted by atomic mass is 9.70. The van der Waals surface area contributed by atoms with E-state index in [-0.39, 0.29) is 30.6 Å². The fourth-order valence-corrected chi connectivity index (χ4v) is 4.20. The molecule has 3 rings (SSSR count). The summed E-state index contributed by atoms with van der Waals surface area (Å²) in [5.41, 5.74) is 0.343. The van der Waals surface area contributed by atoms with E-state index in [4.69, 9.17) is 18.9 Å². The standard InChI is InChI=1S/C26H34O6/c1-4-16-31-25(28)26(2)14-12-20(13-15-26)21(27)10-8-19-9-11-22(23(18-19)29-3)32-24-7-5-6-17-30-24/h4,8-11,18,20,24H,1,5-7,12-17H2,2-3H3/b10-8+. The molecule has 1 atom stereocenters. The molecular weight excluding hydrogens is 408 g/mol. The lowest BCUT2D eigenvalue weighted by molar-refractivity contribution is -0.156. The second-order valence-electron chi connectivity index (χ2n) is 8.78. The molecule has 174 valence electrons. The lowest BCUT2D eigenvalue weighted by Crippen LogP contribution is -2.35. The molecule has 1 heterocycles. The van der Waals surface area contributed by atoms with Crippen molar-refractivity contribution in [2.24, 2.45) is 11.3 Å². The van der Waals surface area contributed by atoms with Gasteiger partial charge in [0.2, 0.25) is 0 Å². The van der Waals surface area contributed by atoms with Gasteiger partial charge in [-0.05, 0) is 69.2 Å². The van der Waals surface area contributed by atoms with Crippen LogP contribution in [0.1, 0.15) is 57.4 Å². The third-order valence-corrected chi connectivity index (χ3v) is 6.34. The van der Waals surface area contributed by atoms with Gasteiger partial charge < -0.3 is 18.9 Å². The minimum Gasteiger partial charge on any atom is -0.493 e. The van der Waals surface area contributed by atoms with Gasteiger partial charge in [-0.3, -0.25) is 9.59 Å². The van der Waals surface area contributed by atoms with Crippen LogP contribution in [-0.2, 0) is 19.1 Å². The Morgan fingerprint density at radius 3 is 2.62 bits per heavy atom. The predicted octanol–water partition coefficient (Wildman–Crippen LogP) is 5.11. The molecule has 1 aromatic carbocycles. The number of ketones is 1. The van der Waals surface area contributed by atoms with Crippen LogP contribution in [0, 0.1) is 11.3 Å². The Hall–Kier alpha value is -2.60. The van der Waals surface area contributed by atoms with Gasteiger partial charge in [-0.1, -0.05) is 24.8 Å². The first kappa shape index (κ1) is 24.1. The molecule has 1 aromatic rings. The number of methoxy groups -OCH3 is 1. The summed E-state index contributed by atoms with van der Waals surface area (Å²) >= 11 is 0. The zero-order chi connectivity index (χ0) is 23.0. The molecule has 0 aromatic heterocycles. The predicted molar refractivity (Wildman–Crippen MR) is 122 cm³/mol. The van der Waals surface area contributed by atoms with Crippen molar-refractivity contribution in [1.82, 2.24) is 0 Å². The highest BCUT2D eigenvalue weighted by Gasteiger charge is 2.40. The molecule has 1 aliphatic carbocycles. The van der Waals surface area contributed by atoms with Gasteiger partial charge in [0.05, 0.1) is 19.1 Å². The fraction of sp³-hybridized carbons (Fsp3) is 0.538. The molecule has 32 heavy (non-hydrogen) atoms. The minimum atomic E-state index is -0.519. The first-order chi connectivity index (χ1) is 15.4. The van der Waals surface area contributed by atoms with Gasteiger partial charge in [-0.2, -0.15) is 0 Å².